The average Bonchev–Trinajstić information content (AvgIpc) is 3.38. The lowest BCUT2D eigenvalue weighted by Crippen LogP contribution is -2.24. The molecule has 9 heteroatoms. The fraction of sp³-hybridized carbons (Fsp3) is 0.350. The first-order valence-electron chi connectivity index (χ1n) is 9.44. The summed E-state index contributed by atoms with van der Waals surface area (Å²) in [6.07, 6.45) is 3.97. The van der Waals surface area contributed by atoms with E-state index in [0.717, 1.165) is 19.6 Å². The third-order valence-corrected chi connectivity index (χ3v) is 5.48. The Morgan fingerprint density at radius 3 is 2.86 bits per heavy atom. The van der Waals surface area contributed by atoms with Crippen LogP contribution in [0.1, 0.15) is 24.1 Å². The molecule has 7 nitrogen and oxygen atoms in total. The fourth-order valence-corrected chi connectivity index (χ4v) is 3.60. The monoisotopic (exact) mass is 458 g/mol. The Bertz CT molecular complexity index is 1060. The van der Waals surface area contributed by atoms with Gasteiger partial charge in [0, 0.05) is 18.3 Å². The van der Waals surface area contributed by atoms with Crippen molar-refractivity contribution in [3.8, 4) is 6.07 Å². The maximum Gasteiger partial charge on any atom is 0.175 e. The van der Waals surface area contributed by atoms with Gasteiger partial charge in [-0.1, -0.05) is 0 Å². The number of rotatable bonds is 7. The highest BCUT2D eigenvalue weighted by molar-refractivity contribution is 9.10. The summed E-state index contributed by atoms with van der Waals surface area (Å²) in [6.45, 7) is 4.11. The number of fused-ring (bicyclic) bond motifs is 1. The van der Waals surface area contributed by atoms with Gasteiger partial charge in [-0.15, -0.1) is 0 Å². The smallest absolute Gasteiger partial charge is 0.175 e. The minimum Gasteiger partial charge on any atom is -0.374 e. The maximum atomic E-state index is 13.9. The van der Waals surface area contributed by atoms with Crippen molar-refractivity contribution < 1.29 is 9.13 Å². The molecule has 150 valence electrons. The van der Waals surface area contributed by atoms with Gasteiger partial charge in [-0.25, -0.2) is 9.37 Å². The molecular formula is C20H20BrFN6O. The standard InChI is InChI=1S/C20H20BrFN6O/c21-17-4-3-15(9-18(17)22)25-19-10-16(13-29-8-7-27-5-1-2-6-27)26-20-14(11-23)12-24-28(19)20/h3-4,9-10,12,25H,1-2,5-8,13H2. The predicted octanol–water partition coefficient (Wildman–Crippen LogP) is 3.86. The molecule has 1 N–H and O–H groups in total. The van der Waals surface area contributed by atoms with E-state index in [1.165, 1.54) is 29.6 Å². The van der Waals surface area contributed by atoms with Crippen molar-refractivity contribution in [2.45, 2.75) is 19.4 Å². The number of hydrogen-bond acceptors (Lipinski definition) is 6. The summed E-state index contributed by atoms with van der Waals surface area (Å²) in [5, 5.41) is 16.7. The summed E-state index contributed by atoms with van der Waals surface area (Å²) < 4.78 is 21.6. The van der Waals surface area contributed by atoms with Crippen molar-refractivity contribution >= 4 is 33.1 Å². The quantitative estimate of drug-likeness (QED) is 0.541. The van der Waals surface area contributed by atoms with Gasteiger partial charge in [0.15, 0.2) is 5.65 Å². The molecule has 1 aliphatic heterocycles. The van der Waals surface area contributed by atoms with Crippen LogP contribution in [0.5, 0.6) is 0 Å². The van der Waals surface area contributed by atoms with E-state index in [4.69, 9.17) is 4.74 Å². The topological polar surface area (TPSA) is 78.5 Å². The minimum atomic E-state index is -0.371. The second kappa shape index (κ2) is 8.86. The lowest BCUT2D eigenvalue weighted by molar-refractivity contribution is 0.0972. The second-order valence-corrected chi connectivity index (χ2v) is 7.75. The molecule has 0 bridgehead atoms. The van der Waals surface area contributed by atoms with Gasteiger partial charge in [0.05, 0.1) is 29.6 Å². The lowest BCUT2D eigenvalue weighted by atomic mass is 10.3. The molecule has 1 aromatic carbocycles. The highest BCUT2D eigenvalue weighted by Gasteiger charge is 2.14. The Morgan fingerprint density at radius 2 is 2.10 bits per heavy atom. The van der Waals surface area contributed by atoms with Gasteiger partial charge >= 0.3 is 0 Å². The lowest BCUT2D eigenvalue weighted by Gasteiger charge is -2.15. The summed E-state index contributed by atoms with van der Waals surface area (Å²) in [5.74, 6) is 0.209. The zero-order valence-corrected chi connectivity index (χ0v) is 17.3. The number of benzene rings is 1. The van der Waals surface area contributed by atoms with Crippen LogP contribution in [0, 0.1) is 17.1 Å². The van der Waals surface area contributed by atoms with E-state index in [9.17, 15) is 9.65 Å². The Hall–Kier alpha value is -2.54. The van der Waals surface area contributed by atoms with Gasteiger partial charge in [-0.05, 0) is 60.1 Å². The summed E-state index contributed by atoms with van der Waals surface area (Å²) in [5.41, 5.74) is 2.05. The molecule has 1 aliphatic rings. The van der Waals surface area contributed by atoms with Crippen molar-refractivity contribution in [1.29, 1.82) is 5.26 Å². The summed E-state index contributed by atoms with van der Waals surface area (Å²) >= 11 is 3.15. The number of ether oxygens (including phenoxy) is 1. The normalized spacial score (nSPS) is 14.4. The zero-order valence-electron chi connectivity index (χ0n) is 15.7. The molecule has 1 fully saturated rings. The van der Waals surface area contributed by atoms with Crippen molar-refractivity contribution in [1.82, 2.24) is 19.5 Å². The molecule has 4 rings (SSSR count). The van der Waals surface area contributed by atoms with E-state index in [1.807, 2.05) is 0 Å². The van der Waals surface area contributed by atoms with E-state index in [-0.39, 0.29) is 5.82 Å². The van der Waals surface area contributed by atoms with Crippen molar-refractivity contribution in [3.63, 3.8) is 0 Å². The molecule has 3 aromatic rings. The van der Waals surface area contributed by atoms with Gasteiger partial charge in [0.2, 0.25) is 0 Å². The van der Waals surface area contributed by atoms with Gasteiger partial charge in [0.25, 0.3) is 0 Å². The Morgan fingerprint density at radius 1 is 1.28 bits per heavy atom. The van der Waals surface area contributed by atoms with E-state index >= 15 is 0 Å². The number of halogens is 2. The molecule has 29 heavy (non-hydrogen) atoms. The van der Waals surface area contributed by atoms with Crippen LogP contribution in [0.25, 0.3) is 5.65 Å². The van der Waals surface area contributed by atoms with E-state index in [1.54, 1.807) is 18.2 Å². The van der Waals surface area contributed by atoms with Crippen LogP contribution in [-0.4, -0.2) is 45.7 Å². The third-order valence-electron chi connectivity index (χ3n) is 4.84. The largest absolute Gasteiger partial charge is 0.374 e. The van der Waals surface area contributed by atoms with Crippen LogP contribution in [0.4, 0.5) is 15.9 Å². The molecule has 0 atom stereocenters. The minimum absolute atomic E-state index is 0.323. The molecular weight excluding hydrogens is 439 g/mol. The summed E-state index contributed by atoms with van der Waals surface area (Å²) in [7, 11) is 0. The third kappa shape index (κ3) is 4.56. The Balaban J connectivity index is 1.54. The Labute approximate surface area is 176 Å². The van der Waals surface area contributed by atoms with Crippen LogP contribution in [-0.2, 0) is 11.3 Å². The molecule has 0 radical (unpaired) electrons. The number of nitriles is 1. The molecule has 0 spiro atoms. The zero-order chi connectivity index (χ0) is 20.2. The Kier molecular flexibility index (Phi) is 6.04. The van der Waals surface area contributed by atoms with E-state index in [0.29, 0.717) is 46.1 Å². The highest BCUT2D eigenvalue weighted by Crippen LogP contribution is 2.24. The highest BCUT2D eigenvalue weighted by atomic mass is 79.9. The molecule has 2 aromatic heterocycles. The average molecular weight is 459 g/mol. The number of nitrogens with one attached hydrogen (secondary N) is 1. The number of likely N-dealkylation sites (tertiary alicyclic amines) is 1. The summed E-state index contributed by atoms with van der Waals surface area (Å²) in [4.78, 5) is 6.91. The van der Waals surface area contributed by atoms with Crippen LogP contribution in [0.15, 0.2) is 34.9 Å². The first-order valence-corrected chi connectivity index (χ1v) is 10.2. The van der Waals surface area contributed by atoms with Crippen LogP contribution in [0.3, 0.4) is 0 Å². The maximum absolute atomic E-state index is 13.9. The van der Waals surface area contributed by atoms with Crippen LogP contribution < -0.4 is 5.32 Å². The molecule has 0 aliphatic carbocycles. The fourth-order valence-electron chi connectivity index (χ4n) is 3.35. The number of anilines is 2. The van der Waals surface area contributed by atoms with Gasteiger partial charge in [-0.3, -0.25) is 0 Å². The van der Waals surface area contributed by atoms with E-state index < -0.39 is 0 Å². The van der Waals surface area contributed by atoms with Crippen LogP contribution >= 0.6 is 15.9 Å². The van der Waals surface area contributed by atoms with Crippen molar-refractivity contribution in [2.24, 2.45) is 0 Å². The second-order valence-electron chi connectivity index (χ2n) is 6.89. The van der Waals surface area contributed by atoms with Gasteiger partial charge < -0.3 is 15.0 Å². The van der Waals surface area contributed by atoms with Crippen molar-refractivity contribution in [2.75, 3.05) is 31.6 Å². The SMILES string of the molecule is N#Cc1cnn2c(Nc3ccc(Br)c(F)c3)cc(COCCN3CCCC3)nc12. The van der Waals surface area contributed by atoms with E-state index in [2.05, 4.69) is 42.3 Å². The first-order chi connectivity index (χ1) is 14.1. The van der Waals surface area contributed by atoms with Gasteiger partial charge in [0.1, 0.15) is 23.3 Å². The van der Waals surface area contributed by atoms with Gasteiger partial charge in [-0.2, -0.15) is 14.9 Å². The number of hydrogen-bond donors (Lipinski definition) is 1. The molecule has 0 amide bonds. The molecule has 3 heterocycles. The molecule has 0 unspecified atom stereocenters. The number of nitrogens with zero attached hydrogens (tertiary/aromatic N) is 5. The predicted molar refractivity (Wildman–Crippen MR) is 110 cm³/mol. The van der Waals surface area contributed by atoms with Crippen LogP contribution in [0.2, 0.25) is 0 Å². The first kappa shape index (κ1) is 19.8. The summed E-state index contributed by atoms with van der Waals surface area (Å²) in [6, 6.07) is 8.67. The number of aromatic nitrogens is 3. The molecule has 1 saturated heterocycles. The van der Waals surface area contributed by atoms with Crippen molar-refractivity contribution in [3.05, 3.63) is 52.0 Å². The molecule has 0 saturated carbocycles.